The number of aromatic nitrogens is 2. The third-order valence-corrected chi connectivity index (χ3v) is 6.55. The first-order chi connectivity index (χ1) is 16.5. The summed E-state index contributed by atoms with van der Waals surface area (Å²) in [7, 11) is 1.94. The predicted molar refractivity (Wildman–Crippen MR) is 135 cm³/mol. The molecule has 4 rings (SSSR count). The summed E-state index contributed by atoms with van der Waals surface area (Å²) in [5.74, 6) is -0.541. The lowest BCUT2D eigenvalue weighted by atomic mass is 10.0. The number of hydrogen-bond donors (Lipinski definition) is 2. The lowest BCUT2D eigenvalue weighted by Gasteiger charge is -2.19. The molecule has 8 heteroatoms. The van der Waals surface area contributed by atoms with E-state index in [4.69, 9.17) is 11.6 Å². The second kappa shape index (κ2) is 11.0. The molecule has 0 spiro atoms. The Morgan fingerprint density at radius 2 is 1.71 bits per heavy atom. The Bertz CT molecular complexity index is 1280. The number of aryl methyl sites for hydroxylation is 1. The molecule has 1 unspecified atom stereocenters. The molecule has 1 aromatic heterocycles. The second-order valence-electron chi connectivity index (χ2n) is 7.62. The number of carbonyl (C=O) groups excluding carboxylic acids is 2. The van der Waals surface area contributed by atoms with Crippen molar-refractivity contribution in [2.24, 2.45) is 7.05 Å². The van der Waals surface area contributed by atoms with Crippen molar-refractivity contribution in [3.63, 3.8) is 0 Å². The Hall–Kier alpha value is -3.55. The zero-order valence-electron chi connectivity index (χ0n) is 18.4. The number of imidazole rings is 1. The van der Waals surface area contributed by atoms with Gasteiger partial charge in [0.2, 0.25) is 5.91 Å². The molecule has 0 radical (unpaired) electrons. The van der Waals surface area contributed by atoms with Crippen LogP contribution in [0.15, 0.2) is 101 Å². The molecule has 0 saturated carbocycles. The fraction of sp³-hybridized carbons (Fsp3) is 0.115. The van der Waals surface area contributed by atoms with Gasteiger partial charge in [-0.05, 0) is 42.0 Å². The molecular weight excluding hydrogens is 468 g/mol. The lowest BCUT2D eigenvalue weighted by Crippen LogP contribution is -2.31. The molecule has 6 nitrogen and oxygen atoms in total. The van der Waals surface area contributed by atoms with Crippen molar-refractivity contribution in [3.8, 4) is 0 Å². The highest BCUT2D eigenvalue weighted by molar-refractivity contribution is 7.99. The summed E-state index contributed by atoms with van der Waals surface area (Å²) in [6.45, 7) is 0. The molecular formula is C26H23ClN4O2S. The fourth-order valence-electron chi connectivity index (χ4n) is 3.38. The summed E-state index contributed by atoms with van der Waals surface area (Å²) in [6, 6.07) is 23.3. The second-order valence-corrected chi connectivity index (χ2v) is 9.06. The zero-order valence-corrected chi connectivity index (χ0v) is 20.0. The summed E-state index contributed by atoms with van der Waals surface area (Å²) in [5.41, 5.74) is 1.88. The average Bonchev–Trinajstić information content (AvgIpc) is 3.25. The maximum absolute atomic E-state index is 12.9. The Balaban J connectivity index is 1.43. The van der Waals surface area contributed by atoms with Crippen LogP contribution in [0.4, 0.5) is 5.69 Å². The molecule has 4 aromatic rings. The minimum atomic E-state index is -0.511. The highest BCUT2D eigenvalue weighted by Crippen LogP contribution is 2.27. The van der Waals surface area contributed by atoms with Gasteiger partial charge in [-0.25, -0.2) is 4.98 Å². The molecule has 34 heavy (non-hydrogen) atoms. The van der Waals surface area contributed by atoms with E-state index in [0.717, 1.165) is 15.6 Å². The molecule has 3 aromatic carbocycles. The van der Waals surface area contributed by atoms with E-state index in [9.17, 15) is 9.59 Å². The smallest absolute Gasteiger partial charge is 0.253 e. The minimum absolute atomic E-state index is 0.0734. The number of amides is 2. The van der Waals surface area contributed by atoms with Gasteiger partial charge < -0.3 is 15.2 Å². The van der Waals surface area contributed by atoms with Crippen LogP contribution in [-0.4, -0.2) is 21.4 Å². The van der Waals surface area contributed by atoms with Crippen LogP contribution in [0.3, 0.4) is 0 Å². The number of nitrogens with one attached hydrogen (secondary N) is 2. The molecule has 0 aliphatic carbocycles. The Morgan fingerprint density at radius 1 is 1.00 bits per heavy atom. The van der Waals surface area contributed by atoms with Crippen LogP contribution in [0.1, 0.15) is 28.4 Å². The molecule has 0 aliphatic heterocycles. The van der Waals surface area contributed by atoms with E-state index in [2.05, 4.69) is 15.6 Å². The molecule has 0 saturated heterocycles. The van der Waals surface area contributed by atoms with Crippen molar-refractivity contribution >= 4 is 40.9 Å². The lowest BCUT2D eigenvalue weighted by molar-refractivity contribution is -0.116. The van der Waals surface area contributed by atoms with E-state index in [1.807, 2.05) is 72.4 Å². The highest BCUT2D eigenvalue weighted by atomic mass is 35.5. The maximum Gasteiger partial charge on any atom is 0.253 e. The van der Waals surface area contributed by atoms with E-state index in [1.165, 1.54) is 0 Å². The van der Waals surface area contributed by atoms with Crippen LogP contribution in [0, 0.1) is 0 Å². The summed E-state index contributed by atoms with van der Waals surface area (Å²) >= 11 is 7.72. The average molecular weight is 491 g/mol. The molecule has 1 atom stereocenters. The van der Waals surface area contributed by atoms with Crippen molar-refractivity contribution in [1.82, 2.24) is 14.9 Å². The van der Waals surface area contributed by atoms with Gasteiger partial charge in [0.25, 0.3) is 5.91 Å². The van der Waals surface area contributed by atoms with Crippen LogP contribution < -0.4 is 10.6 Å². The fourth-order valence-corrected chi connectivity index (χ4v) is 4.40. The molecule has 0 fully saturated rings. The number of rotatable bonds is 8. The standard InChI is InChI=1S/C26H23ClN4O2S/c1-31-16-15-28-26(31)34-20-13-11-19(12-14-20)29-24(32)17-23(18-7-3-2-4-8-18)30-25(33)21-9-5-6-10-22(21)27/h2-16,23H,17H2,1H3,(H,29,32)(H,30,33). The van der Waals surface area contributed by atoms with Gasteiger partial charge >= 0.3 is 0 Å². The third-order valence-electron chi connectivity index (χ3n) is 5.14. The van der Waals surface area contributed by atoms with Crippen LogP contribution >= 0.6 is 23.4 Å². The summed E-state index contributed by atoms with van der Waals surface area (Å²) in [6.07, 6.45) is 3.72. The molecule has 0 bridgehead atoms. The van der Waals surface area contributed by atoms with E-state index in [-0.39, 0.29) is 18.2 Å². The molecule has 2 N–H and O–H groups in total. The van der Waals surface area contributed by atoms with Gasteiger partial charge in [0.15, 0.2) is 5.16 Å². The van der Waals surface area contributed by atoms with Gasteiger partial charge in [0.05, 0.1) is 23.0 Å². The van der Waals surface area contributed by atoms with Gasteiger partial charge in [-0.3, -0.25) is 9.59 Å². The first-order valence-corrected chi connectivity index (χ1v) is 11.8. The monoisotopic (exact) mass is 490 g/mol. The van der Waals surface area contributed by atoms with Crippen molar-refractivity contribution in [3.05, 3.63) is 107 Å². The zero-order chi connectivity index (χ0) is 23.9. The number of halogens is 1. The van der Waals surface area contributed by atoms with E-state index in [1.54, 1.807) is 42.2 Å². The highest BCUT2D eigenvalue weighted by Gasteiger charge is 2.20. The quantitative estimate of drug-likeness (QED) is 0.331. The SMILES string of the molecule is Cn1ccnc1Sc1ccc(NC(=O)CC(NC(=O)c2ccccc2Cl)c2ccccc2)cc1. The van der Waals surface area contributed by atoms with Gasteiger partial charge in [0.1, 0.15) is 0 Å². The van der Waals surface area contributed by atoms with Crippen molar-refractivity contribution in [2.45, 2.75) is 22.5 Å². The first kappa shape index (κ1) is 23.6. The Morgan fingerprint density at radius 3 is 2.38 bits per heavy atom. The van der Waals surface area contributed by atoms with Gasteiger partial charge in [-0.15, -0.1) is 0 Å². The Labute approximate surface area is 207 Å². The molecule has 172 valence electrons. The predicted octanol–water partition coefficient (Wildman–Crippen LogP) is 5.72. The van der Waals surface area contributed by atoms with E-state index in [0.29, 0.717) is 16.3 Å². The normalized spacial score (nSPS) is 11.6. The van der Waals surface area contributed by atoms with Gasteiger partial charge in [0, 0.05) is 30.0 Å². The first-order valence-electron chi connectivity index (χ1n) is 10.6. The number of carbonyl (C=O) groups is 2. The number of benzene rings is 3. The number of anilines is 1. The van der Waals surface area contributed by atoms with Gasteiger partial charge in [-0.1, -0.05) is 65.8 Å². The number of hydrogen-bond acceptors (Lipinski definition) is 4. The Kier molecular flexibility index (Phi) is 7.67. The summed E-state index contributed by atoms with van der Waals surface area (Å²) < 4.78 is 1.95. The maximum atomic E-state index is 12.9. The van der Waals surface area contributed by atoms with Crippen molar-refractivity contribution in [2.75, 3.05) is 5.32 Å². The summed E-state index contributed by atoms with van der Waals surface area (Å²) in [4.78, 5) is 31.0. The van der Waals surface area contributed by atoms with Crippen LogP contribution in [0.5, 0.6) is 0 Å². The van der Waals surface area contributed by atoms with Crippen molar-refractivity contribution in [1.29, 1.82) is 0 Å². The topological polar surface area (TPSA) is 76.0 Å². The van der Waals surface area contributed by atoms with Crippen LogP contribution in [0.2, 0.25) is 5.02 Å². The van der Waals surface area contributed by atoms with Crippen molar-refractivity contribution < 1.29 is 9.59 Å². The van der Waals surface area contributed by atoms with Crippen LogP contribution in [-0.2, 0) is 11.8 Å². The largest absolute Gasteiger partial charge is 0.345 e. The third kappa shape index (κ3) is 6.07. The minimum Gasteiger partial charge on any atom is -0.345 e. The molecule has 0 aliphatic rings. The summed E-state index contributed by atoms with van der Waals surface area (Å²) in [5, 5.41) is 7.11. The molecule has 1 heterocycles. The van der Waals surface area contributed by atoms with Crippen LogP contribution in [0.25, 0.3) is 0 Å². The van der Waals surface area contributed by atoms with Gasteiger partial charge in [-0.2, -0.15) is 0 Å². The van der Waals surface area contributed by atoms with E-state index < -0.39 is 6.04 Å². The number of nitrogens with zero attached hydrogens (tertiary/aromatic N) is 2. The molecule has 2 amide bonds. The van der Waals surface area contributed by atoms with E-state index >= 15 is 0 Å².